The topological polar surface area (TPSA) is 318 Å². The van der Waals surface area contributed by atoms with Gasteiger partial charge in [-0.1, -0.05) is 18.2 Å². The molecule has 114 heavy (non-hydrogen) atoms. The van der Waals surface area contributed by atoms with Crippen molar-refractivity contribution in [1.82, 2.24) is 14.7 Å². The molecule has 9 aliphatic heterocycles. The second-order valence-electron chi connectivity index (χ2n) is 37.0. The Balaban J connectivity index is 0.000000150. The number of esters is 5. The summed E-state index contributed by atoms with van der Waals surface area (Å²) in [4.78, 5) is 73.8. The molecular formula is C89H123N3O22. The zero-order valence-corrected chi connectivity index (χ0v) is 69.4. The van der Waals surface area contributed by atoms with Gasteiger partial charge in [0.2, 0.25) is 20.4 Å². The van der Waals surface area contributed by atoms with Crippen LogP contribution in [0.3, 0.4) is 0 Å². The first-order valence-electron chi connectivity index (χ1n) is 41.6. The van der Waals surface area contributed by atoms with Gasteiger partial charge in [0.25, 0.3) is 0 Å². The van der Waals surface area contributed by atoms with Crippen molar-refractivity contribution in [3.63, 3.8) is 0 Å². The first kappa shape index (κ1) is 84.6. The lowest BCUT2D eigenvalue weighted by atomic mass is 9.77. The number of aliphatic hydroxyl groups is 6. The van der Waals surface area contributed by atoms with Crippen molar-refractivity contribution in [2.45, 2.75) is 324 Å². The van der Waals surface area contributed by atoms with Gasteiger partial charge in [0.15, 0.2) is 51.3 Å². The van der Waals surface area contributed by atoms with E-state index in [0.717, 1.165) is 165 Å². The normalized spacial score (nSPS) is 27.6. The van der Waals surface area contributed by atoms with Crippen LogP contribution in [0.5, 0.6) is 34.5 Å². The van der Waals surface area contributed by atoms with Crippen LogP contribution in [0.25, 0.3) is 0 Å². The number of hydrogen-bond donors (Lipinski definition) is 6. The molecule has 0 bridgehead atoms. The zero-order chi connectivity index (χ0) is 82.0. The fourth-order valence-corrected chi connectivity index (χ4v) is 20.5. The summed E-state index contributed by atoms with van der Waals surface area (Å²) < 4.78 is 63.4. The monoisotopic (exact) mass is 1590 g/mol. The van der Waals surface area contributed by atoms with Crippen molar-refractivity contribution in [2.24, 2.45) is 0 Å². The van der Waals surface area contributed by atoms with Gasteiger partial charge in [-0.05, 0) is 319 Å². The van der Waals surface area contributed by atoms with Crippen molar-refractivity contribution in [2.75, 3.05) is 59.6 Å². The van der Waals surface area contributed by atoms with Crippen LogP contribution in [-0.2, 0) is 66.9 Å². The Hall–Kier alpha value is -7.33. The molecule has 3 fully saturated rings. The minimum Gasteiger partial charge on any atom is -0.463 e. The van der Waals surface area contributed by atoms with Gasteiger partial charge >= 0.3 is 29.8 Å². The molecule has 0 aromatic heterocycles. The van der Waals surface area contributed by atoms with Crippen molar-refractivity contribution in [1.29, 1.82) is 0 Å². The number of hydrogen-bond acceptors (Lipinski definition) is 25. The molecule has 9 heterocycles. The van der Waals surface area contributed by atoms with Crippen LogP contribution >= 0.6 is 0 Å². The van der Waals surface area contributed by atoms with Crippen molar-refractivity contribution in [3.05, 3.63) is 105 Å². The average molecular weight is 1590 g/mol. The van der Waals surface area contributed by atoms with Crippen molar-refractivity contribution < 1.29 is 107 Å². The van der Waals surface area contributed by atoms with Gasteiger partial charge in [-0.25, -0.2) is 14.4 Å². The molecule has 3 aromatic carbocycles. The molecule has 6 N–H and O–H groups in total. The molecule has 0 saturated carbocycles. The molecule has 25 nitrogen and oxygen atoms in total. The second kappa shape index (κ2) is 32.5. The molecule has 6 unspecified atom stereocenters. The van der Waals surface area contributed by atoms with Crippen molar-refractivity contribution >= 4 is 29.8 Å². The lowest BCUT2D eigenvalue weighted by Crippen LogP contribution is -2.49. The Morgan fingerprint density at radius 3 is 0.982 bits per heavy atom. The smallest absolute Gasteiger partial charge is 0.339 e. The summed E-state index contributed by atoms with van der Waals surface area (Å²) in [6.45, 7) is 30.8. The zero-order valence-electron chi connectivity index (χ0n) is 69.4. The van der Waals surface area contributed by atoms with Crippen LogP contribution in [0.4, 0.5) is 0 Å². The lowest BCUT2D eigenvalue weighted by molar-refractivity contribution is -0.179. The maximum Gasteiger partial charge on any atom is 0.339 e. The molecule has 3 spiro atoms. The summed E-state index contributed by atoms with van der Waals surface area (Å²) >= 11 is 0. The minimum atomic E-state index is -2.08. The van der Waals surface area contributed by atoms with E-state index in [1.807, 2.05) is 32.9 Å². The molecule has 626 valence electrons. The van der Waals surface area contributed by atoms with Crippen LogP contribution in [0.1, 0.15) is 257 Å². The van der Waals surface area contributed by atoms with Gasteiger partial charge < -0.3 is 82.7 Å². The maximum atomic E-state index is 13.9. The third-order valence-electron chi connectivity index (χ3n) is 25.7. The predicted octanol–water partition coefficient (Wildman–Crippen LogP) is 11.0. The Morgan fingerprint density at radius 2 is 0.693 bits per heavy atom. The van der Waals surface area contributed by atoms with Gasteiger partial charge in [0.1, 0.15) is 18.3 Å². The fraction of sp³-hybridized carbons (Fsp3) is 0.674. The standard InChI is InChI=1S/2C31H43NO8.C27H37NO6/c2*1-19(2)39-25(33)17-31(36,11-6-9-29(4,5)35)28(34)40-27-20(3)16-30-10-7-12-32(30)13-8-21-14-23-24(38-18-37-23)15-22(21)26(27)30;1-17-15-27-10-6-11-28(27)12-7-18-13-20-21(33-16-32-20)14-19(18)22(27)23(17)34-24(29)26(4,31)9-5-8-25(2,3)30/h2*14-16,19,26-27,35-36H,6-13,17-18H2,1-5H3;13-15,22-23,30-31H,5-12,16H2,1-4H3/t26-,27?,30+,31?;26-,27?,30+,31-;22-,23?,26?,27?/m111/s1. The van der Waals surface area contributed by atoms with E-state index in [0.29, 0.717) is 50.0 Å². The summed E-state index contributed by atoms with van der Waals surface area (Å²) in [6, 6.07) is 12.3. The summed E-state index contributed by atoms with van der Waals surface area (Å²) in [5.74, 6) is 0.329. The molecule has 0 amide bonds. The van der Waals surface area contributed by atoms with E-state index in [-0.39, 0.29) is 86.2 Å². The Morgan fingerprint density at radius 1 is 0.412 bits per heavy atom. The Kier molecular flexibility index (Phi) is 24.1. The number of nitrogens with zero attached hydrogens (tertiary/aromatic N) is 3. The number of benzene rings is 3. The first-order valence-corrected chi connectivity index (χ1v) is 41.6. The number of fused-ring (bicyclic) bond motifs is 9. The van der Waals surface area contributed by atoms with Gasteiger partial charge in [-0.15, -0.1) is 0 Å². The van der Waals surface area contributed by atoms with E-state index in [1.54, 1.807) is 69.2 Å². The highest BCUT2D eigenvalue weighted by molar-refractivity contribution is 5.87. The summed E-state index contributed by atoms with van der Waals surface area (Å²) in [5, 5.41) is 64.6. The molecule has 15 rings (SSSR count). The molecule has 3 aromatic rings. The quantitative estimate of drug-likeness (QED) is 0.0276. The third kappa shape index (κ3) is 17.5. The van der Waals surface area contributed by atoms with E-state index >= 15 is 0 Å². The van der Waals surface area contributed by atoms with E-state index in [9.17, 15) is 54.6 Å². The largest absolute Gasteiger partial charge is 0.463 e. The second-order valence-corrected chi connectivity index (χ2v) is 37.0. The fourth-order valence-electron chi connectivity index (χ4n) is 20.5. The van der Waals surface area contributed by atoms with E-state index in [4.69, 9.17) is 52.1 Å². The molecular weight excluding hydrogens is 1460 g/mol. The lowest BCUT2D eigenvalue weighted by Gasteiger charge is -2.40. The van der Waals surface area contributed by atoms with Gasteiger partial charge in [-0.3, -0.25) is 24.3 Å². The number of rotatable bonds is 24. The molecule has 3 saturated heterocycles. The van der Waals surface area contributed by atoms with Crippen LogP contribution in [0.15, 0.2) is 71.3 Å². The van der Waals surface area contributed by atoms with Crippen LogP contribution in [0, 0.1) is 0 Å². The number of carbonyl (C=O) groups excluding carboxylic acids is 5. The van der Waals surface area contributed by atoms with Gasteiger partial charge in [-0.2, -0.15) is 0 Å². The highest BCUT2D eigenvalue weighted by Gasteiger charge is 2.61. The van der Waals surface area contributed by atoms with E-state index in [1.165, 1.54) is 12.5 Å². The molecule has 12 aliphatic rings. The minimum absolute atomic E-state index is 0.0320. The Labute approximate surface area is 670 Å². The summed E-state index contributed by atoms with van der Waals surface area (Å²) in [7, 11) is 0. The van der Waals surface area contributed by atoms with Gasteiger partial charge in [0, 0.05) is 37.4 Å². The highest BCUT2D eigenvalue weighted by Crippen LogP contribution is 2.60. The predicted molar refractivity (Wildman–Crippen MR) is 421 cm³/mol. The molecule has 25 heteroatoms. The van der Waals surface area contributed by atoms with Gasteiger partial charge in [0.05, 0.1) is 58.5 Å². The number of carbonyl (C=O) groups is 5. The van der Waals surface area contributed by atoms with E-state index in [2.05, 4.69) is 57.2 Å². The molecule has 0 radical (unpaired) electrons. The summed E-state index contributed by atoms with van der Waals surface area (Å²) in [5.41, 5.74) is 0.356. The van der Waals surface area contributed by atoms with Crippen LogP contribution in [0.2, 0.25) is 0 Å². The summed E-state index contributed by atoms with van der Waals surface area (Å²) in [6.07, 6.45) is 14.6. The molecule has 3 aliphatic carbocycles. The van der Waals surface area contributed by atoms with Crippen LogP contribution < -0.4 is 28.4 Å². The molecule has 12 atom stereocenters. The SMILES string of the molecule is CC1=CC23CCCN2CCc2cc4c(cc2[C@@H]3C1OC(=O)C(C)(O)CCCC(C)(C)O)OCO4.CC1=C[C@]23CCCN2CCc2cc4c(cc2[C@@H]3C1OC(=O)C(O)(CCCC(C)(C)O)CC(=O)OC(C)C)OCO4.CC1=C[C@]23CCCN2CCc2cc4c(cc2[C@@H]3C1OC(=O)[C@@](O)(CCCC(C)(C)O)CC(=O)OC(C)C)OCO4. The number of ether oxygens (including phenoxy) is 11. The highest BCUT2D eigenvalue weighted by atomic mass is 16.7. The van der Waals surface area contributed by atoms with E-state index < -0.39 is 94.6 Å². The Bertz CT molecular complexity index is 4040. The average Bonchev–Trinajstić information content (AvgIpc) is 1.57. The maximum absolute atomic E-state index is 13.9. The van der Waals surface area contributed by atoms with Crippen LogP contribution in [-0.4, -0.2) is 216 Å². The van der Waals surface area contributed by atoms with Crippen molar-refractivity contribution in [3.8, 4) is 34.5 Å². The third-order valence-corrected chi connectivity index (χ3v) is 25.7. The first-order chi connectivity index (χ1) is 53.6.